The molecule has 0 aliphatic heterocycles. The number of hydrogen-bond donors (Lipinski definition) is 2. The average Bonchev–Trinajstić information content (AvgIpc) is 2.59. The second-order valence-corrected chi connectivity index (χ2v) is 5.96. The van der Waals surface area contributed by atoms with E-state index in [9.17, 15) is 22.8 Å². The quantitative estimate of drug-likeness (QED) is 0.715. The Labute approximate surface area is 160 Å². The Hall–Kier alpha value is -3.29. The highest BCUT2D eigenvalue weighted by atomic mass is 19.4. The van der Waals surface area contributed by atoms with Crippen molar-refractivity contribution in [2.45, 2.75) is 26.3 Å². The molecule has 0 saturated heterocycles. The minimum atomic E-state index is -4.82. The van der Waals surface area contributed by atoms with Crippen molar-refractivity contribution in [2.24, 2.45) is 0 Å². The fraction of sp³-hybridized carbons (Fsp3) is 0.200. The minimum absolute atomic E-state index is 0.121. The lowest BCUT2D eigenvalue weighted by Crippen LogP contribution is -2.24. The maximum Gasteiger partial charge on any atom is 0.573 e. The largest absolute Gasteiger partial charge is 0.573 e. The smallest absolute Gasteiger partial charge is 0.405 e. The van der Waals surface area contributed by atoms with Crippen LogP contribution in [0.15, 0.2) is 54.6 Å². The third-order valence-corrected chi connectivity index (χ3v) is 3.62. The van der Waals surface area contributed by atoms with Crippen molar-refractivity contribution < 1.29 is 27.5 Å². The Bertz CT molecular complexity index is 879. The molecule has 148 valence electrons. The number of amides is 2. The second-order valence-electron chi connectivity index (χ2n) is 5.96. The molecule has 0 saturated carbocycles. The molecule has 2 rings (SSSR count). The van der Waals surface area contributed by atoms with Gasteiger partial charge in [0.25, 0.3) is 0 Å². The number of hydrogen-bond acceptors (Lipinski definition) is 3. The van der Waals surface area contributed by atoms with E-state index in [1.807, 2.05) is 0 Å². The van der Waals surface area contributed by atoms with Crippen molar-refractivity contribution in [2.75, 3.05) is 5.32 Å². The van der Waals surface area contributed by atoms with E-state index in [-0.39, 0.29) is 17.5 Å². The molecule has 1 unspecified atom stereocenters. The number of carbonyl (C=O) groups excluding carboxylic acids is 2. The fourth-order valence-electron chi connectivity index (χ4n) is 2.44. The average molecular weight is 392 g/mol. The molecule has 0 aliphatic rings. The molecule has 8 heteroatoms. The van der Waals surface area contributed by atoms with Gasteiger partial charge in [0, 0.05) is 24.3 Å². The molecule has 2 amide bonds. The maximum atomic E-state index is 12.4. The highest BCUT2D eigenvalue weighted by Gasteiger charge is 2.31. The molecule has 1 atom stereocenters. The van der Waals surface area contributed by atoms with Crippen LogP contribution in [0.25, 0.3) is 6.08 Å². The highest BCUT2D eigenvalue weighted by molar-refractivity contribution is 5.92. The Morgan fingerprint density at radius 2 is 1.82 bits per heavy atom. The molecular formula is C20H19F3N2O3. The van der Waals surface area contributed by atoms with Crippen LogP contribution in [0.4, 0.5) is 18.9 Å². The zero-order valence-electron chi connectivity index (χ0n) is 15.2. The van der Waals surface area contributed by atoms with Crippen LogP contribution in [0.3, 0.4) is 0 Å². The second kappa shape index (κ2) is 9.07. The van der Waals surface area contributed by atoms with Crippen LogP contribution < -0.4 is 15.4 Å². The first-order chi connectivity index (χ1) is 13.1. The Morgan fingerprint density at radius 3 is 2.50 bits per heavy atom. The zero-order chi connectivity index (χ0) is 20.7. The molecule has 0 aliphatic carbocycles. The zero-order valence-corrected chi connectivity index (χ0v) is 15.2. The third-order valence-electron chi connectivity index (χ3n) is 3.62. The number of benzene rings is 2. The summed E-state index contributed by atoms with van der Waals surface area (Å²) in [5.41, 5.74) is 1.48. The first kappa shape index (κ1) is 21.0. The number of nitrogens with one attached hydrogen (secondary N) is 2. The first-order valence-corrected chi connectivity index (χ1v) is 8.35. The normalized spacial score (nSPS) is 12.5. The SMILES string of the molecule is CC(=O)Nc1cccc(C(C)NC(=O)/C=C/c2ccccc2OC(F)(F)F)c1. The lowest BCUT2D eigenvalue weighted by Gasteiger charge is -2.14. The van der Waals surface area contributed by atoms with Gasteiger partial charge in [-0.2, -0.15) is 0 Å². The summed E-state index contributed by atoms with van der Waals surface area (Å²) in [6, 6.07) is 12.1. The van der Waals surface area contributed by atoms with E-state index in [4.69, 9.17) is 0 Å². The molecule has 2 aromatic carbocycles. The maximum absolute atomic E-state index is 12.4. The van der Waals surface area contributed by atoms with Gasteiger partial charge < -0.3 is 15.4 Å². The van der Waals surface area contributed by atoms with Gasteiger partial charge >= 0.3 is 6.36 Å². The van der Waals surface area contributed by atoms with Gasteiger partial charge in [0.05, 0.1) is 6.04 Å². The molecule has 2 N–H and O–H groups in total. The standard InChI is InChI=1S/C20H19F3N2O3/c1-13(16-7-5-8-17(12-16)25-14(2)26)24-19(27)11-10-15-6-3-4-9-18(15)28-20(21,22)23/h3-13H,1-2H3,(H,24,27)(H,25,26)/b11-10+. The minimum Gasteiger partial charge on any atom is -0.405 e. The summed E-state index contributed by atoms with van der Waals surface area (Å²) < 4.78 is 41.3. The van der Waals surface area contributed by atoms with E-state index in [1.165, 1.54) is 37.3 Å². The van der Waals surface area contributed by atoms with Crippen molar-refractivity contribution in [3.8, 4) is 5.75 Å². The van der Waals surface area contributed by atoms with Gasteiger partial charge in [-0.25, -0.2) is 0 Å². The van der Waals surface area contributed by atoms with Crippen LogP contribution in [-0.2, 0) is 9.59 Å². The van der Waals surface area contributed by atoms with Gasteiger partial charge in [-0.05, 0) is 36.8 Å². The van der Waals surface area contributed by atoms with Gasteiger partial charge in [-0.1, -0.05) is 30.3 Å². The molecule has 0 aromatic heterocycles. The number of para-hydroxylation sites is 1. The van der Waals surface area contributed by atoms with Crippen molar-refractivity contribution in [1.82, 2.24) is 5.32 Å². The molecule has 2 aromatic rings. The van der Waals surface area contributed by atoms with Gasteiger partial charge in [0.1, 0.15) is 5.75 Å². The molecule has 0 fully saturated rings. The van der Waals surface area contributed by atoms with Crippen LogP contribution in [0.2, 0.25) is 0 Å². The summed E-state index contributed by atoms with van der Waals surface area (Å²) in [5, 5.41) is 5.37. The Balaban J connectivity index is 2.05. The van der Waals surface area contributed by atoms with Crippen molar-refractivity contribution in [3.05, 3.63) is 65.7 Å². The molecule has 28 heavy (non-hydrogen) atoms. The van der Waals surface area contributed by atoms with Crippen LogP contribution in [0.5, 0.6) is 5.75 Å². The lowest BCUT2D eigenvalue weighted by atomic mass is 10.1. The van der Waals surface area contributed by atoms with E-state index in [2.05, 4.69) is 15.4 Å². The van der Waals surface area contributed by atoms with E-state index >= 15 is 0 Å². The summed E-state index contributed by atoms with van der Waals surface area (Å²) in [6.45, 7) is 3.14. The topological polar surface area (TPSA) is 67.4 Å². The summed E-state index contributed by atoms with van der Waals surface area (Å²) in [7, 11) is 0. The van der Waals surface area contributed by atoms with E-state index < -0.39 is 18.0 Å². The van der Waals surface area contributed by atoms with E-state index in [0.29, 0.717) is 5.69 Å². The molecule has 0 heterocycles. The summed E-state index contributed by atoms with van der Waals surface area (Å²) in [5.74, 6) is -1.09. The van der Waals surface area contributed by atoms with Crippen molar-refractivity contribution in [3.63, 3.8) is 0 Å². The molecule has 5 nitrogen and oxygen atoms in total. The summed E-state index contributed by atoms with van der Waals surface area (Å²) >= 11 is 0. The monoisotopic (exact) mass is 392 g/mol. The molecular weight excluding hydrogens is 373 g/mol. The number of anilines is 1. The predicted octanol–water partition coefficient (Wildman–Crippen LogP) is 4.43. The number of rotatable bonds is 6. The van der Waals surface area contributed by atoms with E-state index in [0.717, 1.165) is 11.6 Å². The van der Waals surface area contributed by atoms with Gasteiger partial charge in [-0.15, -0.1) is 13.2 Å². The fourth-order valence-corrected chi connectivity index (χ4v) is 2.44. The Morgan fingerprint density at radius 1 is 1.11 bits per heavy atom. The summed E-state index contributed by atoms with van der Waals surface area (Å²) in [4.78, 5) is 23.3. The molecule has 0 bridgehead atoms. The van der Waals surface area contributed by atoms with Crippen molar-refractivity contribution >= 4 is 23.6 Å². The van der Waals surface area contributed by atoms with Crippen LogP contribution >= 0.6 is 0 Å². The lowest BCUT2D eigenvalue weighted by molar-refractivity contribution is -0.274. The molecule has 0 spiro atoms. The number of halogens is 3. The number of carbonyl (C=O) groups is 2. The summed E-state index contributed by atoms with van der Waals surface area (Å²) in [6.07, 6.45) is -2.44. The van der Waals surface area contributed by atoms with Crippen molar-refractivity contribution in [1.29, 1.82) is 0 Å². The highest BCUT2D eigenvalue weighted by Crippen LogP contribution is 2.27. The number of alkyl halides is 3. The van der Waals surface area contributed by atoms with Gasteiger partial charge in [0.2, 0.25) is 11.8 Å². The number of ether oxygens (including phenoxy) is 1. The van der Waals surface area contributed by atoms with Gasteiger partial charge in [0.15, 0.2) is 0 Å². The third kappa shape index (κ3) is 6.79. The van der Waals surface area contributed by atoms with E-state index in [1.54, 1.807) is 31.2 Å². The van der Waals surface area contributed by atoms with Crippen LogP contribution in [0.1, 0.15) is 31.0 Å². The van der Waals surface area contributed by atoms with Gasteiger partial charge in [-0.3, -0.25) is 9.59 Å². The van der Waals surface area contributed by atoms with Crippen LogP contribution in [0, 0.1) is 0 Å². The first-order valence-electron chi connectivity index (χ1n) is 8.35. The van der Waals surface area contributed by atoms with Crippen LogP contribution in [-0.4, -0.2) is 18.2 Å². The molecule has 0 radical (unpaired) electrons. The predicted molar refractivity (Wildman–Crippen MR) is 99.5 cm³/mol. The Kier molecular flexibility index (Phi) is 6.81.